The minimum atomic E-state index is 0.0293. The molecule has 0 radical (unpaired) electrons. The fourth-order valence-electron chi connectivity index (χ4n) is 10.6. The maximum absolute atomic E-state index is 2.52. The van der Waals surface area contributed by atoms with Gasteiger partial charge in [-0.3, -0.25) is 0 Å². The van der Waals surface area contributed by atoms with Crippen molar-refractivity contribution in [3.8, 4) is 39.1 Å². The van der Waals surface area contributed by atoms with Gasteiger partial charge in [-0.1, -0.05) is 193 Å². The summed E-state index contributed by atoms with van der Waals surface area (Å²) in [6.45, 7) is 13.9. The van der Waals surface area contributed by atoms with E-state index in [-0.39, 0.29) is 10.8 Å². The topological polar surface area (TPSA) is 8.17 Å². The monoisotopic (exact) mass is 874 g/mol. The van der Waals surface area contributed by atoms with E-state index in [0.717, 1.165) is 17.1 Å². The molecule has 0 spiro atoms. The van der Waals surface area contributed by atoms with Crippen molar-refractivity contribution in [3.05, 3.63) is 230 Å². The van der Waals surface area contributed by atoms with Crippen LogP contribution < -0.4 is 4.90 Å². The molecule has 0 aliphatic carbocycles. The van der Waals surface area contributed by atoms with Crippen molar-refractivity contribution in [1.82, 2.24) is 4.57 Å². The molecule has 1 heterocycles. The molecule has 328 valence electrons. The minimum absolute atomic E-state index is 0.0293. The Labute approximate surface area is 399 Å². The highest BCUT2D eigenvalue weighted by Gasteiger charge is 2.24. The first-order chi connectivity index (χ1) is 33.0. The van der Waals surface area contributed by atoms with Crippen molar-refractivity contribution < 1.29 is 0 Å². The van der Waals surface area contributed by atoms with Crippen LogP contribution in [0.15, 0.2) is 218 Å². The number of hydrogen-bond donors (Lipinski definition) is 0. The van der Waals surface area contributed by atoms with E-state index in [0.29, 0.717) is 0 Å². The Balaban J connectivity index is 1.07. The lowest BCUT2D eigenvalue weighted by molar-refractivity contribution is 0.590. The van der Waals surface area contributed by atoms with E-state index in [1.807, 2.05) is 0 Å². The van der Waals surface area contributed by atoms with E-state index in [4.69, 9.17) is 0 Å². The smallest absolute Gasteiger partial charge is 0.0541 e. The van der Waals surface area contributed by atoms with Crippen molar-refractivity contribution >= 4 is 71.2 Å². The Hall–Kier alpha value is -7.94. The van der Waals surface area contributed by atoms with E-state index < -0.39 is 0 Å². The van der Waals surface area contributed by atoms with E-state index in [1.165, 1.54) is 104 Å². The van der Waals surface area contributed by atoms with Crippen LogP contribution in [0.1, 0.15) is 52.7 Å². The highest BCUT2D eigenvalue weighted by molar-refractivity contribution is 6.27. The fourth-order valence-corrected chi connectivity index (χ4v) is 10.6. The lowest BCUT2D eigenvalue weighted by atomic mass is 9.85. The molecule has 0 amide bonds. The second-order valence-electron chi connectivity index (χ2n) is 20.6. The summed E-state index contributed by atoms with van der Waals surface area (Å²) in [4.78, 5) is 2.46. The third kappa shape index (κ3) is 7.02. The zero-order valence-electron chi connectivity index (χ0n) is 39.7. The van der Waals surface area contributed by atoms with Gasteiger partial charge in [0.2, 0.25) is 0 Å². The van der Waals surface area contributed by atoms with Gasteiger partial charge in [-0.15, -0.1) is 0 Å². The molecule has 2 nitrogen and oxygen atoms in total. The molecule has 0 atom stereocenters. The van der Waals surface area contributed by atoms with E-state index in [1.54, 1.807) is 0 Å². The SMILES string of the molecule is CC(C)(C)c1ccc2c(c1)c1cc(C(C)(C)C)ccc1n2-c1ccc2ccc3c(N(c4ccc(-c5ccccc5)cc4)c4cccc(-c5cccc(-c6ccccc6)c5)c4)ccc4ccc1c2c43. The Morgan fingerprint density at radius 3 is 1.40 bits per heavy atom. The summed E-state index contributed by atoms with van der Waals surface area (Å²) >= 11 is 0. The van der Waals surface area contributed by atoms with Crippen molar-refractivity contribution in [2.24, 2.45) is 0 Å². The van der Waals surface area contributed by atoms with Crippen LogP contribution >= 0.6 is 0 Å². The number of rotatable bonds is 7. The second-order valence-corrected chi connectivity index (χ2v) is 20.6. The predicted molar refractivity (Wildman–Crippen MR) is 293 cm³/mol. The van der Waals surface area contributed by atoms with Crippen LogP contribution in [-0.2, 0) is 10.8 Å². The zero-order chi connectivity index (χ0) is 46.3. The summed E-state index contributed by atoms with van der Waals surface area (Å²) < 4.78 is 2.52. The molecule has 11 aromatic carbocycles. The van der Waals surface area contributed by atoms with Gasteiger partial charge in [0.1, 0.15) is 0 Å². The Morgan fingerprint density at radius 1 is 0.324 bits per heavy atom. The van der Waals surface area contributed by atoms with Gasteiger partial charge in [0.15, 0.2) is 0 Å². The van der Waals surface area contributed by atoms with E-state index in [2.05, 4.69) is 269 Å². The summed E-state index contributed by atoms with van der Waals surface area (Å²) in [6, 6.07) is 81.3. The van der Waals surface area contributed by atoms with Gasteiger partial charge in [0, 0.05) is 32.9 Å². The van der Waals surface area contributed by atoms with Gasteiger partial charge in [-0.25, -0.2) is 0 Å². The number of fused-ring (bicyclic) bond motifs is 3. The van der Waals surface area contributed by atoms with Crippen LogP contribution in [0.5, 0.6) is 0 Å². The molecule has 0 saturated heterocycles. The Bertz CT molecular complexity index is 3770. The average molecular weight is 875 g/mol. The molecule has 2 heteroatoms. The van der Waals surface area contributed by atoms with Crippen LogP contribution in [0.3, 0.4) is 0 Å². The van der Waals surface area contributed by atoms with E-state index >= 15 is 0 Å². The Kier molecular flexibility index (Phi) is 9.67. The molecule has 0 N–H and O–H groups in total. The van der Waals surface area contributed by atoms with Crippen LogP contribution in [0.2, 0.25) is 0 Å². The summed E-state index contributed by atoms with van der Waals surface area (Å²) in [5.74, 6) is 0. The van der Waals surface area contributed by atoms with Crippen molar-refractivity contribution in [2.45, 2.75) is 52.4 Å². The third-order valence-electron chi connectivity index (χ3n) is 14.2. The molecule has 0 bridgehead atoms. The second kappa shape index (κ2) is 15.9. The van der Waals surface area contributed by atoms with E-state index in [9.17, 15) is 0 Å². The largest absolute Gasteiger partial charge is 0.310 e. The van der Waals surface area contributed by atoms with Crippen molar-refractivity contribution in [3.63, 3.8) is 0 Å². The molecule has 12 rings (SSSR count). The van der Waals surface area contributed by atoms with Gasteiger partial charge in [-0.2, -0.15) is 0 Å². The first-order valence-electron chi connectivity index (χ1n) is 24.0. The molecule has 0 saturated carbocycles. The molecule has 12 aromatic rings. The van der Waals surface area contributed by atoms with Crippen molar-refractivity contribution in [1.29, 1.82) is 0 Å². The maximum atomic E-state index is 2.52. The molecule has 0 unspecified atom stereocenters. The molecule has 1 aromatic heterocycles. The number of aromatic nitrogens is 1. The molecule has 0 aliphatic rings. The fraction of sp³-hybridized carbons (Fsp3) is 0.121. The van der Waals surface area contributed by atoms with Crippen LogP contribution in [0, 0.1) is 0 Å². The third-order valence-corrected chi connectivity index (χ3v) is 14.2. The minimum Gasteiger partial charge on any atom is -0.310 e. The summed E-state index contributed by atoms with van der Waals surface area (Å²) in [5.41, 5.74) is 16.9. The molecular weight excluding hydrogens is 821 g/mol. The first-order valence-corrected chi connectivity index (χ1v) is 24.0. The molecule has 0 aliphatic heterocycles. The zero-order valence-corrected chi connectivity index (χ0v) is 39.7. The molecular formula is C66H54N2. The van der Waals surface area contributed by atoms with Gasteiger partial charge < -0.3 is 9.47 Å². The predicted octanol–water partition coefficient (Wildman–Crippen LogP) is 18.7. The van der Waals surface area contributed by atoms with Gasteiger partial charge in [0.25, 0.3) is 0 Å². The number of anilines is 3. The number of nitrogens with zero attached hydrogens (tertiary/aromatic N) is 2. The number of hydrogen-bond acceptors (Lipinski definition) is 1. The van der Waals surface area contributed by atoms with Gasteiger partial charge >= 0.3 is 0 Å². The molecule has 0 fully saturated rings. The Morgan fingerprint density at radius 2 is 0.794 bits per heavy atom. The maximum Gasteiger partial charge on any atom is 0.0541 e. The van der Waals surface area contributed by atoms with Gasteiger partial charge in [-0.05, 0) is 144 Å². The van der Waals surface area contributed by atoms with Crippen molar-refractivity contribution in [2.75, 3.05) is 4.90 Å². The summed E-state index contributed by atoms with van der Waals surface area (Å²) in [6.07, 6.45) is 0. The van der Waals surface area contributed by atoms with Crippen LogP contribution in [0.4, 0.5) is 17.1 Å². The van der Waals surface area contributed by atoms with Crippen LogP contribution in [0.25, 0.3) is 93.2 Å². The van der Waals surface area contributed by atoms with Crippen LogP contribution in [-0.4, -0.2) is 4.57 Å². The quantitative estimate of drug-likeness (QED) is 0.145. The first kappa shape index (κ1) is 41.5. The standard InChI is InChI=1S/C66H54N2/c1-65(2,3)51-29-37-61-57(41-51)58-42-52(66(4,5)6)30-38-62(58)68(61)60-36-28-47-25-33-55-59(35-27-46-26-34-56(60)64(47)63(46)55)67(53-31-23-45(24-32-53)43-15-9-7-10-16-43)54-22-14-21-50(40-54)49-20-13-19-48(39-49)44-17-11-8-12-18-44/h7-42H,1-6H3. The highest BCUT2D eigenvalue weighted by atomic mass is 15.1. The summed E-state index contributed by atoms with van der Waals surface area (Å²) in [5, 5.41) is 10.1. The summed E-state index contributed by atoms with van der Waals surface area (Å²) in [7, 11) is 0. The lowest BCUT2D eigenvalue weighted by Gasteiger charge is -2.28. The highest BCUT2D eigenvalue weighted by Crippen LogP contribution is 2.47. The normalized spacial score (nSPS) is 12.3. The average Bonchev–Trinajstić information content (AvgIpc) is 3.69. The van der Waals surface area contributed by atoms with Gasteiger partial charge in [0.05, 0.1) is 22.4 Å². The molecule has 68 heavy (non-hydrogen) atoms. The number of benzene rings is 11. The lowest BCUT2D eigenvalue weighted by Crippen LogP contribution is -2.11.